The maximum atomic E-state index is 10.7. The summed E-state index contributed by atoms with van der Waals surface area (Å²) in [6.45, 7) is 2.26. The normalized spacial score (nSPS) is 20.1. The van der Waals surface area contributed by atoms with Crippen molar-refractivity contribution in [1.29, 1.82) is 0 Å². The highest BCUT2D eigenvalue weighted by Crippen LogP contribution is 2.31. The van der Waals surface area contributed by atoms with Gasteiger partial charge in [0, 0.05) is 6.42 Å². The minimum atomic E-state index is -0.524. The average molecular weight is 314 g/mol. The van der Waals surface area contributed by atoms with Crippen molar-refractivity contribution in [2.24, 2.45) is 0 Å². The van der Waals surface area contributed by atoms with E-state index in [-0.39, 0.29) is 0 Å². The van der Waals surface area contributed by atoms with E-state index in [2.05, 4.69) is 11.8 Å². The molecule has 0 saturated carbocycles. The van der Waals surface area contributed by atoms with Gasteiger partial charge in [0.2, 0.25) is 0 Å². The molecule has 0 bridgehead atoms. The lowest BCUT2D eigenvalue weighted by Crippen LogP contribution is -1.99. The quantitative estimate of drug-likeness (QED) is 0.194. The van der Waals surface area contributed by atoms with Crippen molar-refractivity contribution in [2.45, 2.75) is 109 Å². The fraction of sp³-hybridized carbons (Fsp3) is 0.944. The molecule has 0 aliphatic carbocycles. The van der Waals surface area contributed by atoms with Gasteiger partial charge in [0.1, 0.15) is 0 Å². The Morgan fingerprint density at radius 3 is 1.91 bits per heavy atom. The number of unbranched alkanes of at least 4 members (excludes halogenated alkanes) is 9. The van der Waals surface area contributed by atoms with Gasteiger partial charge in [0.25, 0.3) is 0 Å². The second kappa shape index (κ2) is 12.9. The van der Waals surface area contributed by atoms with Gasteiger partial charge < -0.3 is 9.62 Å². The molecule has 1 heterocycles. The summed E-state index contributed by atoms with van der Waals surface area (Å²) in [4.78, 5) is 14.3. The summed E-state index contributed by atoms with van der Waals surface area (Å²) in [6.07, 6.45) is 17.4. The first-order valence-corrected chi connectivity index (χ1v) is 9.27. The number of carbonyl (C=O) groups excluding carboxylic acids is 1. The molecule has 22 heavy (non-hydrogen) atoms. The van der Waals surface area contributed by atoms with Crippen LogP contribution in [0.1, 0.15) is 96.8 Å². The Bertz CT molecular complexity index is 280. The summed E-state index contributed by atoms with van der Waals surface area (Å²) >= 11 is 0. The molecule has 2 atom stereocenters. The molecule has 1 N–H and O–H groups in total. The first-order valence-electron chi connectivity index (χ1n) is 9.27. The van der Waals surface area contributed by atoms with Crippen LogP contribution in [0.4, 0.5) is 0 Å². The summed E-state index contributed by atoms with van der Waals surface area (Å²) in [7, 11) is 0. The zero-order chi connectivity index (χ0) is 16.0. The summed E-state index contributed by atoms with van der Waals surface area (Å²) in [5.41, 5.74) is 0. The van der Waals surface area contributed by atoms with Crippen LogP contribution in [-0.2, 0) is 14.4 Å². The van der Waals surface area contributed by atoms with Crippen LogP contribution in [0.3, 0.4) is 0 Å². The van der Waals surface area contributed by atoms with Crippen LogP contribution >= 0.6 is 0 Å². The van der Waals surface area contributed by atoms with Crippen molar-refractivity contribution in [3.05, 3.63) is 0 Å². The molecule has 0 radical (unpaired) electrons. The largest absolute Gasteiger partial charge is 0.370 e. The molecule has 130 valence electrons. The van der Waals surface area contributed by atoms with Crippen LogP contribution in [0.25, 0.3) is 0 Å². The Hall–Kier alpha value is -0.610. The Labute approximate surface area is 135 Å². The lowest BCUT2D eigenvalue weighted by atomic mass is 10.0. The molecule has 2 unspecified atom stereocenters. The second-order valence-electron chi connectivity index (χ2n) is 6.54. The zero-order valence-electron chi connectivity index (χ0n) is 14.2. The Kier molecular flexibility index (Phi) is 11.4. The third-order valence-corrected chi connectivity index (χ3v) is 4.50. The summed E-state index contributed by atoms with van der Waals surface area (Å²) in [5, 5.41) is 8.12. The molecule has 0 aromatic rings. The summed E-state index contributed by atoms with van der Waals surface area (Å²) in [6, 6.07) is 0. The van der Waals surface area contributed by atoms with Crippen LogP contribution in [0, 0.1) is 0 Å². The number of rotatable bonds is 15. The number of hydrogen-bond donors (Lipinski definition) is 1. The SMILES string of the molecule is CCCCCCCCC1OC1CCCCCCCC(=O)OO. The first-order chi connectivity index (χ1) is 10.8. The van der Waals surface area contributed by atoms with E-state index in [0.717, 1.165) is 19.3 Å². The predicted octanol–water partition coefficient (Wildman–Crippen LogP) is 5.25. The number of hydrogen-bond acceptors (Lipinski definition) is 4. The molecule has 4 nitrogen and oxygen atoms in total. The molecule has 4 heteroatoms. The highest BCUT2D eigenvalue weighted by molar-refractivity contribution is 5.68. The number of epoxide rings is 1. The van der Waals surface area contributed by atoms with Crippen LogP contribution in [0.2, 0.25) is 0 Å². The molecule has 0 spiro atoms. The molecule has 1 rings (SSSR count). The molecule has 0 amide bonds. The molecular formula is C18H34O4. The van der Waals surface area contributed by atoms with Gasteiger partial charge in [-0.3, -0.25) is 0 Å². The Balaban J connectivity index is 1.77. The van der Waals surface area contributed by atoms with Crippen molar-refractivity contribution in [3.8, 4) is 0 Å². The van der Waals surface area contributed by atoms with Crippen molar-refractivity contribution < 1.29 is 19.7 Å². The Morgan fingerprint density at radius 1 is 0.864 bits per heavy atom. The fourth-order valence-electron chi connectivity index (χ4n) is 3.00. The standard InChI is InChI=1S/C18H34O4/c1-2-3-4-5-7-10-13-16-17(21-16)14-11-8-6-9-12-15-18(19)22-20/h16-17,20H,2-15H2,1H3. The van der Waals surface area contributed by atoms with Gasteiger partial charge in [-0.25, -0.2) is 4.79 Å². The molecule has 0 aromatic carbocycles. The van der Waals surface area contributed by atoms with Gasteiger partial charge in [0.15, 0.2) is 0 Å². The van der Waals surface area contributed by atoms with Crippen LogP contribution in [0.15, 0.2) is 0 Å². The monoisotopic (exact) mass is 314 g/mol. The van der Waals surface area contributed by atoms with Crippen molar-refractivity contribution in [2.75, 3.05) is 0 Å². The van der Waals surface area contributed by atoms with Gasteiger partial charge >= 0.3 is 5.97 Å². The van der Waals surface area contributed by atoms with E-state index in [1.165, 1.54) is 64.2 Å². The van der Waals surface area contributed by atoms with Crippen molar-refractivity contribution >= 4 is 5.97 Å². The predicted molar refractivity (Wildman–Crippen MR) is 87.7 cm³/mol. The Morgan fingerprint density at radius 2 is 1.36 bits per heavy atom. The van der Waals surface area contributed by atoms with Crippen LogP contribution < -0.4 is 0 Å². The van der Waals surface area contributed by atoms with E-state index in [1.807, 2.05) is 0 Å². The lowest BCUT2D eigenvalue weighted by molar-refractivity contribution is -0.234. The van der Waals surface area contributed by atoms with Crippen LogP contribution in [0.5, 0.6) is 0 Å². The highest BCUT2D eigenvalue weighted by atomic mass is 17.1. The molecule has 1 aliphatic rings. The van der Waals surface area contributed by atoms with Gasteiger partial charge in [-0.2, -0.15) is 5.26 Å². The number of ether oxygens (including phenoxy) is 1. The molecule has 1 saturated heterocycles. The van der Waals surface area contributed by atoms with E-state index in [1.54, 1.807) is 0 Å². The van der Waals surface area contributed by atoms with Crippen LogP contribution in [-0.4, -0.2) is 23.4 Å². The highest BCUT2D eigenvalue weighted by Gasteiger charge is 2.36. The minimum absolute atomic E-state index is 0.322. The smallest absolute Gasteiger partial charge is 0.342 e. The number of carbonyl (C=O) groups is 1. The third-order valence-electron chi connectivity index (χ3n) is 4.50. The molecule has 1 fully saturated rings. The molecule has 1 aliphatic heterocycles. The summed E-state index contributed by atoms with van der Waals surface area (Å²) < 4.78 is 5.73. The van der Waals surface area contributed by atoms with Gasteiger partial charge in [-0.05, 0) is 19.3 Å². The van der Waals surface area contributed by atoms with Crippen molar-refractivity contribution in [1.82, 2.24) is 0 Å². The van der Waals surface area contributed by atoms with Crippen molar-refractivity contribution in [3.63, 3.8) is 0 Å². The average Bonchev–Trinajstić information content (AvgIpc) is 3.28. The zero-order valence-corrected chi connectivity index (χ0v) is 14.2. The lowest BCUT2D eigenvalue weighted by Gasteiger charge is -2.00. The van der Waals surface area contributed by atoms with E-state index in [9.17, 15) is 4.79 Å². The van der Waals surface area contributed by atoms with E-state index >= 15 is 0 Å². The van der Waals surface area contributed by atoms with E-state index in [0.29, 0.717) is 18.6 Å². The third kappa shape index (κ3) is 10.2. The maximum absolute atomic E-state index is 10.7. The summed E-state index contributed by atoms with van der Waals surface area (Å²) in [5.74, 6) is -0.524. The molecule has 0 aromatic heterocycles. The maximum Gasteiger partial charge on any atom is 0.342 e. The van der Waals surface area contributed by atoms with Gasteiger partial charge in [0.05, 0.1) is 12.2 Å². The topological polar surface area (TPSA) is 59.1 Å². The second-order valence-corrected chi connectivity index (χ2v) is 6.54. The first kappa shape index (κ1) is 19.4. The van der Waals surface area contributed by atoms with Gasteiger partial charge in [-0.1, -0.05) is 71.1 Å². The fourth-order valence-corrected chi connectivity index (χ4v) is 3.00. The van der Waals surface area contributed by atoms with E-state index in [4.69, 9.17) is 9.99 Å². The van der Waals surface area contributed by atoms with Gasteiger partial charge in [-0.15, -0.1) is 0 Å². The minimum Gasteiger partial charge on any atom is -0.370 e. The molecular weight excluding hydrogens is 280 g/mol. The van der Waals surface area contributed by atoms with E-state index < -0.39 is 5.97 Å².